The van der Waals surface area contributed by atoms with Crippen molar-refractivity contribution in [1.29, 1.82) is 5.26 Å². The van der Waals surface area contributed by atoms with Crippen LogP contribution in [0.2, 0.25) is 0 Å². The van der Waals surface area contributed by atoms with E-state index in [4.69, 9.17) is 11.0 Å². The molecule has 0 aliphatic rings. The summed E-state index contributed by atoms with van der Waals surface area (Å²) in [6.07, 6.45) is 2.38. The van der Waals surface area contributed by atoms with E-state index < -0.39 is 11.9 Å². The van der Waals surface area contributed by atoms with Crippen LogP contribution in [0.5, 0.6) is 0 Å². The van der Waals surface area contributed by atoms with E-state index in [1.807, 2.05) is 19.2 Å². The quantitative estimate of drug-likeness (QED) is 0.443. The van der Waals surface area contributed by atoms with Crippen LogP contribution < -0.4 is 11.1 Å². The Morgan fingerprint density at radius 3 is 2.73 bits per heavy atom. The summed E-state index contributed by atoms with van der Waals surface area (Å²) >= 11 is 0. The molecule has 3 N–H and O–H groups in total. The maximum atomic E-state index is 10.9. The summed E-state index contributed by atoms with van der Waals surface area (Å²) in [6.45, 7) is 3.83. The lowest BCUT2D eigenvalue weighted by Crippen LogP contribution is -2.42. The molecule has 0 rings (SSSR count). The number of nitrogens with one attached hydrogen (secondary N) is 1. The van der Waals surface area contributed by atoms with Gasteiger partial charge in [-0.15, -0.1) is 0 Å². The summed E-state index contributed by atoms with van der Waals surface area (Å²) in [7, 11) is 0. The Bertz CT molecular complexity index is 173. The zero-order valence-electron chi connectivity index (χ0n) is 6.79. The van der Waals surface area contributed by atoms with Crippen molar-refractivity contribution in [1.82, 2.24) is 5.32 Å². The summed E-state index contributed by atoms with van der Waals surface area (Å²) in [5, 5.41) is 10.1. The lowest BCUT2D eigenvalue weighted by atomic mass is 10.00. The fourth-order valence-electron chi connectivity index (χ4n) is 0.651. The Balaban J connectivity index is 3.93. The average Bonchev–Trinajstić information content (AvgIpc) is 2.02. The zero-order chi connectivity index (χ0) is 8.85. The molecule has 4 nitrogen and oxygen atoms in total. The molecule has 4 heteroatoms. The van der Waals surface area contributed by atoms with E-state index in [9.17, 15) is 4.79 Å². The van der Waals surface area contributed by atoms with Crippen LogP contribution >= 0.6 is 0 Å². The number of nitriles is 1. The van der Waals surface area contributed by atoms with Crippen molar-refractivity contribution < 1.29 is 4.79 Å². The second kappa shape index (κ2) is 4.69. The van der Waals surface area contributed by atoms with Crippen molar-refractivity contribution in [3.05, 3.63) is 0 Å². The molecule has 0 bridgehead atoms. The van der Waals surface area contributed by atoms with Gasteiger partial charge in [-0.25, -0.2) is 0 Å². The highest BCUT2D eigenvalue weighted by atomic mass is 16.2. The summed E-state index contributed by atoms with van der Waals surface area (Å²) in [4.78, 5) is 10.9. The predicted molar refractivity (Wildman–Crippen MR) is 41.2 cm³/mol. The van der Waals surface area contributed by atoms with Crippen LogP contribution in [0.15, 0.2) is 0 Å². The molecule has 0 saturated heterocycles. The molecule has 11 heavy (non-hydrogen) atoms. The van der Waals surface area contributed by atoms with Crippen LogP contribution in [-0.4, -0.2) is 11.9 Å². The van der Waals surface area contributed by atoms with Gasteiger partial charge in [0.1, 0.15) is 0 Å². The van der Waals surface area contributed by atoms with E-state index in [2.05, 4.69) is 0 Å². The normalized spacial score (nSPS) is 14.7. The minimum Gasteiger partial charge on any atom is -0.320 e. The van der Waals surface area contributed by atoms with Gasteiger partial charge < -0.3 is 5.73 Å². The Kier molecular flexibility index (Phi) is 4.23. The lowest BCUT2D eigenvalue weighted by Gasteiger charge is -2.14. The van der Waals surface area contributed by atoms with Crippen molar-refractivity contribution in [2.24, 2.45) is 11.7 Å². The monoisotopic (exact) mass is 155 g/mol. The Hall–Kier alpha value is -1.08. The topological polar surface area (TPSA) is 78.9 Å². The van der Waals surface area contributed by atoms with Crippen LogP contribution in [0.3, 0.4) is 0 Å². The maximum absolute atomic E-state index is 10.9. The van der Waals surface area contributed by atoms with Gasteiger partial charge >= 0.3 is 0 Å². The highest BCUT2D eigenvalue weighted by Gasteiger charge is 2.18. The molecule has 0 aromatic heterocycles. The van der Waals surface area contributed by atoms with Gasteiger partial charge in [-0.2, -0.15) is 5.26 Å². The SMILES string of the molecule is CCC(C)C(N)C(=O)NC#N. The number of amides is 1. The third-order valence-electron chi connectivity index (χ3n) is 1.74. The van der Waals surface area contributed by atoms with Crippen LogP contribution in [-0.2, 0) is 4.79 Å². The number of nitrogens with two attached hydrogens (primary N) is 1. The van der Waals surface area contributed by atoms with Gasteiger partial charge in [-0.1, -0.05) is 20.3 Å². The predicted octanol–water partition coefficient (Wildman–Crippen LogP) is -0.0429. The Morgan fingerprint density at radius 1 is 1.82 bits per heavy atom. The van der Waals surface area contributed by atoms with Crippen LogP contribution in [0, 0.1) is 17.4 Å². The van der Waals surface area contributed by atoms with Gasteiger partial charge in [0.15, 0.2) is 6.19 Å². The molecule has 0 spiro atoms. The van der Waals surface area contributed by atoms with Crippen molar-refractivity contribution in [3.63, 3.8) is 0 Å². The summed E-state index contributed by atoms with van der Waals surface area (Å²) in [5.41, 5.74) is 5.49. The molecule has 0 aromatic rings. The molecule has 62 valence electrons. The molecule has 0 radical (unpaired) electrons. The van der Waals surface area contributed by atoms with Crippen molar-refractivity contribution in [2.45, 2.75) is 26.3 Å². The van der Waals surface area contributed by atoms with Gasteiger partial charge in [0, 0.05) is 0 Å². The fourth-order valence-corrected chi connectivity index (χ4v) is 0.651. The van der Waals surface area contributed by atoms with E-state index in [-0.39, 0.29) is 5.92 Å². The second-order valence-electron chi connectivity index (χ2n) is 2.51. The van der Waals surface area contributed by atoms with Gasteiger partial charge in [-0.3, -0.25) is 10.1 Å². The largest absolute Gasteiger partial charge is 0.320 e. The third kappa shape index (κ3) is 3.01. The highest BCUT2D eigenvalue weighted by Crippen LogP contribution is 2.04. The lowest BCUT2D eigenvalue weighted by molar-refractivity contribution is -0.122. The highest BCUT2D eigenvalue weighted by molar-refractivity contribution is 5.82. The minimum atomic E-state index is -0.570. The first-order valence-corrected chi connectivity index (χ1v) is 3.58. The third-order valence-corrected chi connectivity index (χ3v) is 1.74. The van der Waals surface area contributed by atoms with Crippen molar-refractivity contribution in [3.8, 4) is 6.19 Å². The van der Waals surface area contributed by atoms with Crippen molar-refractivity contribution >= 4 is 5.91 Å². The molecule has 0 aliphatic heterocycles. The Morgan fingerprint density at radius 2 is 2.36 bits per heavy atom. The number of carbonyl (C=O) groups excluding carboxylic acids is 1. The van der Waals surface area contributed by atoms with E-state index >= 15 is 0 Å². The summed E-state index contributed by atoms with van der Waals surface area (Å²) in [5.74, 6) is -0.287. The maximum Gasteiger partial charge on any atom is 0.250 e. The number of rotatable bonds is 3. The van der Waals surface area contributed by atoms with Gasteiger partial charge in [0.25, 0.3) is 0 Å². The molecule has 1 amide bonds. The molecule has 0 heterocycles. The Labute approximate surface area is 66.4 Å². The first-order valence-electron chi connectivity index (χ1n) is 3.58. The fraction of sp³-hybridized carbons (Fsp3) is 0.714. The smallest absolute Gasteiger partial charge is 0.250 e. The molecular formula is C7H13N3O. The molecule has 2 atom stereocenters. The average molecular weight is 155 g/mol. The zero-order valence-corrected chi connectivity index (χ0v) is 6.79. The van der Waals surface area contributed by atoms with Gasteiger partial charge in [-0.05, 0) is 5.92 Å². The summed E-state index contributed by atoms with van der Waals surface area (Å²) < 4.78 is 0. The van der Waals surface area contributed by atoms with Crippen LogP contribution in [0.1, 0.15) is 20.3 Å². The molecule has 0 aromatic carbocycles. The van der Waals surface area contributed by atoms with E-state index in [1.54, 1.807) is 6.19 Å². The standard InChI is InChI=1S/C7H13N3O/c1-3-5(2)6(9)7(11)10-4-8/h5-6H,3,9H2,1-2H3,(H,10,11). The molecule has 0 saturated carbocycles. The van der Waals surface area contributed by atoms with Crippen LogP contribution in [0.25, 0.3) is 0 Å². The number of hydrogen-bond donors (Lipinski definition) is 2. The number of hydrogen-bond acceptors (Lipinski definition) is 3. The second-order valence-corrected chi connectivity index (χ2v) is 2.51. The van der Waals surface area contributed by atoms with Gasteiger partial charge in [0.05, 0.1) is 6.04 Å². The van der Waals surface area contributed by atoms with Gasteiger partial charge in [0.2, 0.25) is 5.91 Å². The molecular weight excluding hydrogens is 142 g/mol. The van der Waals surface area contributed by atoms with Crippen molar-refractivity contribution in [2.75, 3.05) is 0 Å². The number of carbonyl (C=O) groups is 1. The minimum absolute atomic E-state index is 0.114. The van der Waals surface area contributed by atoms with Crippen LogP contribution in [0.4, 0.5) is 0 Å². The van der Waals surface area contributed by atoms with E-state index in [0.29, 0.717) is 0 Å². The van der Waals surface area contributed by atoms with E-state index in [1.165, 1.54) is 0 Å². The summed E-state index contributed by atoms with van der Waals surface area (Å²) in [6, 6.07) is -0.570. The molecule has 0 fully saturated rings. The van der Waals surface area contributed by atoms with E-state index in [0.717, 1.165) is 6.42 Å². The first-order chi connectivity index (χ1) is 5.13. The molecule has 2 unspecified atom stereocenters. The number of nitrogens with zero attached hydrogens (tertiary/aromatic N) is 1. The first kappa shape index (κ1) is 9.92. The molecule has 0 aliphatic carbocycles.